The van der Waals surface area contributed by atoms with Gasteiger partial charge < -0.3 is 5.73 Å². The summed E-state index contributed by atoms with van der Waals surface area (Å²) in [6, 6.07) is 0. The van der Waals surface area contributed by atoms with E-state index in [1.165, 1.54) is 12.8 Å². The largest absolute Gasteiger partial charge is 0.330 e. The van der Waals surface area contributed by atoms with Gasteiger partial charge in [-0.3, -0.25) is 0 Å². The molecule has 0 aromatic heterocycles. The van der Waals surface area contributed by atoms with Crippen molar-refractivity contribution in [3.63, 3.8) is 0 Å². The molecule has 0 aromatic rings. The average Bonchev–Trinajstić information content (AvgIpc) is 2.78. The van der Waals surface area contributed by atoms with Crippen LogP contribution < -0.4 is 5.73 Å². The highest BCUT2D eigenvalue weighted by Crippen LogP contribution is 2.50. The van der Waals surface area contributed by atoms with E-state index in [-0.39, 0.29) is 5.41 Å². The lowest BCUT2D eigenvalue weighted by Crippen LogP contribution is -2.33. The predicted molar refractivity (Wildman–Crippen MR) is 47.5 cm³/mol. The van der Waals surface area contributed by atoms with Gasteiger partial charge in [-0.1, -0.05) is 0 Å². The van der Waals surface area contributed by atoms with E-state index in [9.17, 15) is 8.42 Å². The lowest BCUT2D eigenvalue weighted by Gasteiger charge is -2.24. The molecule has 0 amide bonds. The van der Waals surface area contributed by atoms with Gasteiger partial charge >= 0.3 is 0 Å². The van der Waals surface area contributed by atoms with E-state index >= 15 is 0 Å². The first-order valence-electron chi connectivity index (χ1n) is 4.48. The minimum atomic E-state index is -2.75. The normalized spacial score (nSPS) is 40.1. The Morgan fingerprint density at radius 2 is 2.08 bits per heavy atom. The molecular formula is C8H15NO2S. The zero-order valence-electron chi connectivity index (χ0n) is 7.12. The van der Waals surface area contributed by atoms with Crippen LogP contribution in [0.3, 0.4) is 0 Å². The number of hydrogen-bond acceptors (Lipinski definition) is 3. The molecule has 3 nitrogen and oxygen atoms in total. The molecule has 1 saturated heterocycles. The standard InChI is InChI=1S/C8H15NO2S/c9-5-8(7-1-2-7)3-4-12(10,11)6-8/h7H,1-6,9H2. The molecule has 1 atom stereocenters. The van der Waals surface area contributed by atoms with E-state index in [1.807, 2.05) is 0 Å². The third-order valence-corrected chi connectivity index (χ3v) is 5.11. The van der Waals surface area contributed by atoms with Crippen molar-refractivity contribution in [3.05, 3.63) is 0 Å². The molecular weight excluding hydrogens is 174 g/mol. The van der Waals surface area contributed by atoms with Crippen LogP contribution in [0.5, 0.6) is 0 Å². The first-order chi connectivity index (χ1) is 5.58. The molecule has 1 aliphatic heterocycles. The Morgan fingerprint density at radius 1 is 1.42 bits per heavy atom. The molecule has 1 saturated carbocycles. The van der Waals surface area contributed by atoms with Crippen LogP contribution in [-0.4, -0.2) is 26.5 Å². The maximum atomic E-state index is 11.3. The molecule has 0 aromatic carbocycles. The highest BCUT2D eigenvalue weighted by atomic mass is 32.2. The number of nitrogens with two attached hydrogens (primary N) is 1. The lowest BCUT2D eigenvalue weighted by atomic mass is 9.82. The van der Waals surface area contributed by atoms with Crippen LogP contribution >= 0.6 is 0 Å². The summed E-state index contributed by atoms with van der Waals surface area (Å²) < 4.78 is 22.6. The zero-order chi connectivity index (χ0) is 8.82. The van der Waals surface area contributed by atoms with Crippen LogP contribution in [0.25, 0.3) is 0 Å². The van der Waals surface area contributed by atoms with Crippen LogP contribution in [0.15, 0.2) is 0 Å². The summed E-state index contributed by atoms with van der Waals surface area (Å²) in [5.41, 5.74) is 5.64. The minimum Gasteiger partial charge on any atom is -0.330 e. The third-order valence-electron chi connectivity index (χ3n) is 3.27. The summed E-state index contributed by atoms with van der Waals surface area (Å²) in [7, 11) is -2.75. The van der Waals surface area contributed by atoms with E-state index in [4.69, 9.17) is 5.73 Å². The van der Waals surface area contributed by atoms with Crippen molar-refractivity contribution < 1.29 is 8.42 Å². The van der Waals surface area contributed by atoms with Gasteiger partial charge in [0.15, 0.2) is 9.84 Å². The molecule has 1 aliphatic carbocycles. The fraction of sp³-hybridized carbons (Fsp3) is 1.00. The van der Waals surface area contributed by atoms with Gasteiger partial charge in [0.1, 0.15) is 0 Å². The molecule has 70 valence electrons. The summed E-state index contributed by atoms with van der Waals surface area (Å²) in [4.78, 5) is 0. The summed E-state index contributed by atoms with van der Waals surface area (Å²) in [5, 5.41) is 0. The summed E-state index contributed by atoms with van der Waals surface area (Å²) in [6.45, 7) is 0.552. The highest BCUT2D eigenvalue weighted by Gasteiger charge is 2.50. The van der Waals surface area contributed by atoms with E-state index in [0.717, 1.165) is 6.42 Å². The second kappa shape index (κ2) is 2.45. The number of rotatable bonds is 2. The molecule has 0 bridgehead atoms. The van der Waals surface area contributed by atoms with Gasteiger partial charge in [-0.2, -0.15) is 0 Å². The van der Waals surface area contributed by atoms with Crippen molar-refractivity contribution in [2.75, 3.05) is 18.1 Å². The average molecular weight is 189 g/mol. The smallest absolute Gasteiger partial charge is 0.150 e. The Balaban J connectivity index is 2.21. The minimum absolute atomic E-state index is 0.0289. The van der Waals surface area contributed by atoms with Crippen molar-refractivity contribution in [1.29, 1.82) is 0 Å². The van der Waals surface area contributed by atoms with Crippen LogP contribution in [-0.2, 0) is 9.84 Å². The van der Waals surface area contributed by atoms with Gasteiger partial charge in [-0.25, -0.2) is 8.42 Å². The van der Waals surface area contributed by atoms with Gasteiger partial charge in [0.2, 0.25) is 0 Å². The molecule has 2 rings (SSSR count). The van der Waals surface area contributed by atoms with Crippen molar-refractivity contribution in [2.24, 2.45) is 17.1 Å². The molecule has 1 unspecified atom stereocenters. The van der Waals surface area contributed by atoms with E-state index in [1.54, 1.807) is 0 Å². The lowest BCUT2D eigenvalue weighted by molar-refractivity contribution is 0.294. The maximum absolute atomic E-state index is 11.3. The topological polar surface area (TPSA) is 60.2 Å². The number of sulfone groups is 1. The van der Waals surface area contributed by atoms with Gasteiger partial charge in [0.25, 0.3) is 0 Å². The van der Waals surface area contributed by atoms with Crippen LogP contribution in [0.1, 0.15) is 19.3 Å². The Morgan fingerprint density at radius 3 is 2.42 bits per heavy atom. The molecule has 1 heterocycles. The second-order valence-corrected chi connectivity index (χ2v) is 6.37. The van der Waals surface area contributed by atoms with E-state index in [0.29, 0.717) is 24.0 Å². The van der Waals surface area contributed by atoms with E-state index in [2.05, 4.69) is 0 Å². The van der Waals surface area contributed by atoms with Gasteiger partial charge in [-0.05, 0) is 31.7 Å². The molecule has 12 heavy (non-hydrogen) atoms. The van der Waals surface area contributed by atoms with Gasteiger partial charge in [0.05, 0.1) is 11.5 Å². The van der Waals surface area contributed by atoms with Crippen LogP contribution in [0.4, 0.5) is 0 Å². The van der Waals surface area contributed by atoms with Crippen molar-refractivity contribution in [1.82, 2.24) is 0 Å². The maximum Gasteiger partial charge on any atom is 0.150 e. The third kappa shape index (κ3) is 1.27. The summed E-state index contributed by atoms with van der Waals surface area (Å²) >= 11 is 0. The Bertz CT molecular complexity index is 281. The van der Waals surface area contributed by atoms with Gasteiger partial charge in [-0.15, -0.1) is 0 Å². The molecule has 2 aliphatic rings. The summed E-state index contributed by atoms with van der Waals surface area (Å²) in [6.07, 6.45) is 3.18. The molecule has 2 N–H and O–H groups in total. The predicted octanol–water partition coefficient (Wildman–Crippen LogP) is 0.160. The number of hydrogen-bond donors (Lipinski definition) is 1. The quantitative estimate of drug-likeness (QED) is 0.673. The zero-order valence-corrected chi connectivity index (χ0v) is 7.94. The Labute approximate surface area is 73.2 Å². The molecule has 0 spiro atoms. The SMILES string of the molecule is NCC1(C2CC2)CCS(=O)(=O)C1. The second-order valence-electron chi connectivity index (χ2n) is 4.18. The van der Waals surface area contributed by atoms with Crippen molar-refractivity contribution >= 4 is 9.84 Å². The summed E-state index contributed by atoms with van der Waals surface area (Å²) in [5.74, 6) is 1.32. The van der Waals surface area contributed by atoms with Crippen molar-refractivity contribution in [3.8, 4) is 0 Å². The first kappa shape index (κ1) is 8.51. The fourth-order valence-electron chi connectivity index (χ4n) is 2.29. The van der Waals surface area contributed by atoms with Crippen LogP contribution in [0.2, 0.25) is 0 Å². The fourth-order valence-corrected chi connectivity index (χ4v) is 4.52. The first-order valence-corrected chi connectivity index (χ1v) is 6.31. The van der Waals surface area contributed by atoms with Crippen molar-refractivity contribution in [2.45, 2.75) is 19.3 Å². The van der Waals surface area contributed by atoms with E-state index < -0.39 is 9.84 Å². The van der Waals surface area contributed by atoms with Crippen LogP contribution in [0, 0.1) is 11.3 Å². The monoisotopic (exact) mass is 189 g/mol. The Kier molecular flexibility index (Phi) is 1.74. The Hall–Kier alpha value is -0.0900. The molecule has 0 radical (unpaired) electrons. The van der Waals surface area contributed by atoms with Gasteiger partial charge in [0, 0.05) is 5.41 Å². The molecule has 4 heteroatoms. The molecule has 2 fully saturated rings. The highest BCUT2D eigenvalue weighted by molar-refractivity contribution is 7.91.